The number of hydrogen-bond acceptors (Lipinski definition) is 8. The molecule has 0 bridgehead atoms. The molecule has 3 N–H and O–H groups in total. The summed E-state index contributed by atoms with van der Waals surface area (Å²) in [4.78, 5) is 42.7. The number of carboxylic acids is 2. The number of aliphatic hydroxyl groups is 1. The molecule has 0 amide bonds. The minimum absolute atomic E-state index is 0.0621. The Morgan fingerprint density at radius 2 is 1.00 bits per heavy atom. The fourth-order valence-electron chi connectivity index (χ4n) is 3.72. The highest BCUT2D eigenvalue weighted by molar-refractivity contribution is 5.82. The van der Waals surface area contributed by atoms with Crippen molar-refractivity contribution in [2.75, 3.05) is 78.5 Å². The van der Waals surface area contributed by atoms with E-state index in [-0.39, 0.29) is 30.5 Å². The number of aliphatic carboxylic acids is 2. The summed E-state index contributed by atoms with van der Waals surface area (Å²) in [5.74, 6) is -1.66. The molecule has 1 rings (SSSR count). The van der Waals surface area contributed by atoms with Crippen LogP contribution in [0.1, 0.15) is 26.7 Å². The van der Waals surface area contributed by atoms with Crippen molar-refractivity contribution < 1.29 is 29.7 Å². The minimum Gasteiger partial charge on any atom is -0.512 e. The van der Waals surface area contributed by atoms with Crippen LogP contribution in [0.5, 0.6) is 0 Å². The molecule has 1 aliphatic rings. The first kappa shape index (κ1) is 28.0. The van der Waals surface area contributed by atoms with E-state index in [1.165, 1.54) is 0 Å². The molecule has 0 aliphatic carbocycles. The third-order valence-electron chi connectivity index (χ3n) is 5.51. The van der Waals surface area contributed by atoms with Gasteiger partial charge in [0.2, 0.25) is 0 Å². The van der Waals surface area contributed by atoms with Gasteiger partial charge < -0.3 is 15.3 Å². The Balaban J connectivity index is 2.93. The van der Waals surface area contributed by atoms with E-state index in [1.54, 1.807) is 0 Å². The van der Waals surface area contributed by atoms with Crippen LogP contribution in [0.4, 0.5) is 0 Å². The Labute approximate surface area is 191 Å². The molecule has 184 valence electrons. The SMILES string of the molecule is C=C(O)CN1CCCN(CC(=O)C(C)C)CCN(CC(=O)O)CCCN(CC(=O)O)CC1. The van der Waals surface area contributed by atoms with E-state index in [1.807, 2.05) is 28.5 Å². The van der Waals surface area contributed by atoms with Crippen LogP contribution in [0.25, 0.3) is 0 Å². The zero-order valence-electron chi connectivity index (χ0n) is 19.5. The van der Waals surface area contributed by atoms with E-state index in [0.717, 1.165) is 6.42 Å². The Morgan fingerprint density at radius 3 is 1.31 bits per heavy atom. The molecule has 10 heteroatoms. The summed E-state index contributed by atoms with van der Waals surface area (Å²) >= 11 is 0. The van der Waals surface area contributed by atoms with E-state index in [0.29, 0.717) is 71.9 Å². The third kappa shape index (κ3) is 12.7. The van der Waals surface area contributed by atoms with Gasteiger partial charge in [0.05, 0.1) is 31.9 Å². The minimum atomic E-state index is -0.905. The molecule has 1 fully saturated rings. The van der Waals surface area contributed by atoms with Crippen LogP contribution in [0.2, 0.25) is 0 Å². The lowest BCUT2D eigenvalue weighted by Crippen LogP contribution is -2.44. The van der Waals surface area contributed by atoms with Gasteiger partial charge in [0.1, 0.15) is 5.78 Å². The molecule has 1 aliphatic heterocycles. The number of aliphatic hydroxyl groups excluding tert-OH is 1. The molecule has 0 atom stereocenters. The molecular formula is C22H40N4O6. The standard InChI is InChI=1S/C22H40N4O6/c1-18(2)20(28)15-24-7-4-6-23(14-19(3)27)10-12-25(16-21(29)30)8-5-9-26(13-11-24)17-22(31)32/h18,27H,3-17H2,1-2H3,(H,29,30)(H,31,32). The van der Waals surface area contributed by atoms with Gasteiger partial charge in [-0.15, -0.1) is 0 Å². The number of ketones is 1. The molecular weight excluding hydrogens is 416 g/mol. The monoisotopic (exact) mass is 456 g/mol. The highest BCUT2D eigenvalue weighted by Crippen LogP contribution is 2.05. The van der Waals surface area contributed by atoms with E-state index in [9.17, 15) is 29.7 Å². The summed E-state index contributed by atoms with van der Waals surface area (Å²) in [6, 6.07) is 0. The maximum Gasteiger partial charge on any atom is 0.317 e. The summed E-state index contributed by atoms with van der Waals surface area (Å²) in [7, 11) is 0. The predicted molar refractivity (Wildman–Crippen MR) is 122 cm³/mol. The van der Waals surface area contributed by atoms with Gasteiger partial charge in [-0.2, -0.15) is 0 Å². The Kier molecular flexibility index (Phi) is 13.1. The lowest BCUT2D eigenvalue weighted by atomic mass is 10.1. The first-order chi connectivity index (χ1) is 15.1. The van der Waals surface area contributed by atoms with E-state index in [2.05, 4.69) is 11.5 Å². The Hall–Kier alpha value is -2.01. The second-order valence-electron chi connectivity index (χ2n) is 8.79. The van der Waals surface area contributed by atoms with Gasteiger partial charge in [0, 0.05) is 45.2 Å². The van der Waals surface area contributed by atoms with Crippen LogP contribution in [0, 0.1) is 5.92 Å². The summed E-state index contributed by atoms with van der Waals surface area (Å²) in [6.45, 7) is 12.4. The van der Waals surface area contributed by atoms with Crippen molar-refractivity contribution in [3.8, 4) is 0 Å². The summed E-state index contributed by atoms with van der Waals surface area (Å²) in [6.07, 6.45) is 1.40. The van der Waals surface area contributed by atoms with Gasteiger partial charge in [-0.1, -0.05) is 20.4 Å². The maximum atomic E-state index is 12.3. The number of carbonyl (C=O) groups is 3. The van der Waals surface area contributed by atoms with Crippen LogP contribution >= 0.6 is 0 Å². The summed E-state index contributed by atoms with van der Waals surface area (Å²) in [5, 5.41) is 28.2. The Bertz CT molecular complexity index is 628. The lowest BCUT2D eigenvalue weighted by molar-refractivity contribution is -0.139. The topological polar surface area (TPSA) is 125 Å². The average molecular weight is 457 g/mol. The smallest absolute Gasteiger partial charge is 0.317 e. The van der Waals surface area contributed by atoms with Gasteiger partial charge >= 0.3 is 11.9 Å². The van der Waals surface area contributed by atoms with Crippen LogP contribution in [-0.4, -0.2) is 131 Å². The van der Waals surface area contributed by atoms with Crippen LogP contribution in [0.15, 0.2) is 12.3 Å². The molecule has 1 heterocycles. The van der Waals surface area contributed by atoms with Gasteiger partial charge in [-0.05, 0) is 25.9 Å². The molecule has 1 saturated heterocycles. The molecule has 0 aromatic heterocycles. The lowest BCUT2D eigenvalue weighted by Gasteiger charge is -2.31. The first-order valence-corrected chi connectivity index (χ1v) is 11.3. The molecule has 0 aromatic carbocycles. The highest BCUT2D eigenvalue weighted by atomic mass is 16.4. The number of nitrogens with zero attached hydrogens (tertiary/aromatic N) is 4. The van der Waals surface area contributed by atoms with Crippen molar-refractivity contribution in [1.29, 1.82) is 0 Å². The Morgan fingerprint density at radius 1 is 0.656 bits per heavy atom. The predicted octanol–water partition coefficient (Wildman–Crippen LogP) is 0.454. The van der Waals surface area contributed by atoms with Crippen LogP contribution in [0.3, 0.4) is 0 Å². The van der Waals surface area contributed by atoms with Gasteiger partial charge in [-0.3, -0.25) is 34.0 Å². The van der Waals surface area contributed by atoms with Crippen LogP contribution < -0.4 is 0 Å². The second-order valence-corrected chi connectivity index (χ2v) is 8.79. The van der Waals surface area contributed by atoms with Crippen molar-refractivity contribution in [2.24, 2.45) is 5.92 Å². The molecule has 32 heavy (non-hydrogen) atoms. The zero-order valence-corrected chi connectivity index (χ0v) is 19.5. The van der Waals surface area contributed by atoms with Gasteiger partial charge in [-0.25, -0.2) is 0 Å². The van der Waals surface area contributed by atoms with E-state index < -0.39 is 11.9 Å². The van der Waals surface area contributed by atoms with Crippen LogP contribution in [-0.2, 0) is 14.4 Å². The summed E-state index contributed by atoms with van der Waals surface area (Å²) < 4.78 is 0. The number of carbonyl (C=O) groups excluding carboxylic acids is 1. The van der Waals surface area contributed by atoms with Crippen molar-refractivity contribution >= 4 is 17.7 Å². The van der Waals surface area contributed by atoms with Crippen molar-refractivity contribution in [3.63, 3.8) is 0 Å². The molecule has 0 aromatic rings. The molecule has 0 radical (unpaired) electrons. The highest BCUT2D eigenvalue weighted by Gasteiger charge is 2.19. The molecule has 0 unspecified atom stereocenters. The van der Waals surface area contributed by atoms with Crippen molar-refractivity contribution in [3.05, 3.63) is 12.3 Å². The molecule has 10 nitrogen and oxygen atoms in total. The molecule has 0 saturated carbocycles. The number of Topliss-reactive ketones (excluding diaryl/α,β-unsaturated/α-hetero) is 1. The quantitative estimate of drug-likeness (QED) is 0.421. The first-order valence-electron chi connectivity index (χ1n) is 11.3. The number of hydrogen-bond donors (Lipinski definition) is 3. The average Bonchev–Trinajstić information content (AvgIpc) is 2.67. The second kappa shape index (κ2) is 14.9. The number of carboxylic acid groups (broad SMARTS) is 2. The zero-order chi connectivity index (χ0) is 24.1. The van der Waals surface area contributed by atoms with E-state index >= 15 is 0 Å². The normalized spacial score (nSPS) is 19.5. The largest absolute Gasteiger partial charge is 0.512 e. The van der Waals surface area contributed by atoms with Gasteiger partial charge in [0.25, 0.3) is 0 Å². The molecule has 0 spiro atoms. The summed E-state index contributed by atoms with van der Waals surface area (Å²) in [5.41, 5.74) is 0. The van der Waals surface area contributed by atoms with Crippen molar-refractivity contribution in [2.45, 2.75) is 26.7 Å². The fourth-order valence-corrected chi connectivity index (χ4v) is 3.72. The van der Waals surface area contributed by atoms with Crippen molar-refractivity contribution in [1.82, 2.24) is 19.6 Å². The number of rotatable bonds is 9. The maximum absolute atomic E-state index is 12.3. The third-order valence-corrected chi connectivity index (χ3v) is 5.51. The van der Waals surface area contributed by atoms with E-state index in [4.69, 9.17) is 0 Å². The fraction of sp³-hybridized carbons (Fsp3) is 0.773. The van der Waals surface area contributed by atoms with Gasteiger partial charge in [0.15, 0.2) is 0 Å².